The first-order valence-corrected chi connectivity index (χ1v) is 6.26. The largest absolute Gasteiger partial charge is 0.367 e. The number of nitro groups is 1. The molecule has 0 spiro atoms. The molecular weight excluding hydrogens is 266 g/mol. The van der Waals surface area contributed by atoms with Crippen LogP contribution in [-0.2, 0) is 16.6 Å². The van der Waals surface area contributed by atoms with E-state index in [0.29, 0.717) is 30.9 Å². The number of rotatable bonds is 5. The quantitative estimate of drug-likeness (QED) is 0.582. The van der Waals surface area contributed by atoms with Crippen LogP contribution >= 0.6 is 0 Å². The first kappa shape index (κ1) is 14.3. The highest BCUT2D eigenvalue weighted by Gasteiger charge is 2.30. The molecule has 0 aliphatic carbocycles. The van der Waals surface area contributed by atoms with E-state index < -0.39 is 16.9 Å². The molecule has 0 saturated carbocycles. The van der Waals surface area contributed by atoms with Gasteiger partial charge in [-0.1, -0.05) is 0 Å². The third kappa shape index (κ3) is 2.72. The monoisotopic (exact) mass is 283 g/mol. The molecule has 2 rings (SSSR count). The molecular formula is C11H17N5O4. The number of primary amides is 1. The number of nitrogens with two attached hydrogens (primary N) is 1. The predicted octanol–water partition coefficient (Wildman–Crippen LogP) is 0.0815. The maximum atomic E-state index is 11.0. The molecule has 1 aromatic rings. The van der Waals surface area contributed by atoms with E-state index in [9.17, 15) is 14.9 Å². The molecule has 110 valence electrons. The van der Waals surface area contributed by atoms with Gasteiger partial charge in [0.25, 0.3) is 0 Å². The Hall–Kier alpha value is -2.16. The number of nitrogens with zero attached hydrogens (tertiary/aromatic N) is 3. The van der Waals surface area contributed by atoms with Crippen LogP contribution in [0.15, 0.2) is 0 Å². The van der Waals surface area contributed by atoms with E-state index in [2.05, 4.69) is 10.4 Å². The lowest BCUT2D eigenvalue weighted by Gasteiger charge is -2.13. The first-order valence-electron chi connectivity index (χ1n) is 6.26. The van der Waals surface area contributed by atoms with Crippen LogP contribution in [0.4, 0.5) is 11.5 Å². The highest BCUT2D eigenvalue weighted by molar-refractivity contribution is 5.79. The van der Waals surface area contributed by atoms with Gasteiger partial charge in [-0.3, -0.25) is 14.9 Å². The fourth-order valence-corrected chi connectivity index (χ4v) is 2.34. The number of nitrogens with one attached hydrogen (secondary N) is 1. The Labute approximate surface area is 115 Å². The molecule has 1 aliphatic rings. The predicted molar refractivity (Wildman–Crippen MR) is 70.2 cm³/mol. The second kappa shape index (κ2) is 5.45. The minimum absolute atomic E-state index is 0.0445. The summed E-state index contributed by atoms with van der Waals surface area (Å²) in [5.74, 6) is -0.145. The summed E-state index contributed by atoms with van der Waals surface area (Å²) < 4.78 is 6.88. The zero-order valence-electron chi connectivity index (χ0n) is 11.3. The zero-order valence-corrected chi connectivity index (χ0v) is 11.3. The van der Waals surface area contributed by atoms with Gasteiger partial charge >= 0.3 is 5.69 Å². The molecule has 1 fully saturated rings. The summed E-state index contributed by atoms with van der Waals surface area (Å²) in [6.07, 6.45) is 0.506. The summed E-state index contributed by atoms with van der Waals surface area (Å²) >= 11 is 0. The van der Waals surface area contributed by atoms with Crippen LogP contribution in [0.1, 0.15) is 18.5 Å². The lowest BCUT2D eigenvalue weighted by Crippen LogP contribution is -2.30. The van der Waals surface area contributed by atoms with Crippen molar-refractivity contribution in [3.63, 3.8) is 0 Å². The number of carbonyl (C=O) groups is 1. The SMILES string of the molecule is Cc1nn(C)c(NCC2CCC(C(N)=O)O2)c1[N+](=O)[O-]. The minimum Gasteiger partial charge on any atom is -0.367 e. The van der Waals surface area contributed by atoms with Crippen LogP contribution in [0, 0.1) is 17.0 Å². The Morgan fingerprint density at radius 3 is 2.90 bits per heavy atom. The Kier molecular flexibility index (Phi) is 3.89. The van der Waals surface area contributed by atoms with Crippen molar-refractivity contribution in [2.45, 2.75) is 32.0 Å². The highest BCUT2D eigenvalue weighted by Crippen LogP contribution is 2.28. The van der Waals surface area contributed by atoms with E-state index in [-0.39, 0.29) is 11.8 Å². The molecule has 2 heterocycles. The molecule has 3 N–H and O–H groups in total. The average Bonchev–Trinajstić information content (AvgIpc) is 2.91. The molecule has 1 amide bonds. The van der Waals surface area contributed by atoms with E-state index in [1.54, 1.807) is 14.0 Å². The third-order valence-electron chi connectivity index (χ3n) is 3.30. The normalized spacial score (nSPS) is 21.9. The number of anilines is 1. The fourth-order valence-electron chi connectivity index (χ4n) is 2.34. The standard InChI is InChI=1S/C11H17N5O4/c1-6-9(16(18)19)11(15(2)14-6)13-5-7-3-4-8(20-7)10(12)17/h7-8,13H,3-5H2,1-2H3,(H2,12,17). The molecule has 0 radical (unpaired) electrons. The number of aromatic nitrogens is 2. The van der Waals surface area contributed by atoms with Gasteiger partial charge < -0.3 is 15.8 Å². The van der Waals surface area contributed by atoms with E-state index in [4.69, 9.17) is 10.5 Å². The summed E-state index contributed by atoms with van der Waals surface area (Å²) in [5, 5.41) is 18.0. The van der Waals surface area contributed by atoms with Gasteiger partial charge in [-0.25, -0.2) is 4.68 Å². The lowest BCUT2D eigenvalue weighted by molar-refractivity contribution is -0.384. The number of hydrogen-bond acceptors (Lipinski definition) is 6. The Morgan fingerprint density at radius 1 is 1.65 bits per heavy atom. The number of ether oxygens (including phenoxy) is 1. The minimum atomic E-state index is -0.565. The van der Waals surface area contributed by atoms with Crippen molar-refractivity contribution in [1.29, 1.82) is 0 Å². The van der Waals surface area contributed by atoms with Crippen molar-refractivity contribution in [1.82, 2.24) is 9.78 Å². The number of amides is 1. The molecule has 9 heteroatoms. The maximum absolute atomic E-state index is 11.0. The second-order valence-corrected chi connectivity index (χ2v) is 4.77. The molecule has 1 aliphatic heterocycles. The molecule has 0 bridgehead atoms. The first-order chi connectivity index (χ1) is 9.40. The van der Waals surface area contributed by atoms with Gasteiger partial charge in [0.05, 0.1) is 11.0 Å². The van der Waals surface area contributed by atoms with Crippen LogP contribution in [0.2, 0.25) is 0 Å². The molecule has 1 saturated heterocycles. The van der Waals surface area contributed by atoms with Gasteiger partial charge in [0, 0.05) is 13.6 Å². The zero-order chi connectivity index (χ0) is 14.9. The van der Waals surface area contributed by atoms with E-state index >= 15 is 0 Å². The van der Waals surface area contributed by atoms with E-state index in [1.165, 1.54) is 4.68 Å². The second-order valence-electron chi connectivity index (χ2n) is 4.77. The van der Waals surface area contributed by atoms with Crippen molar-refractivity contribution < 1.29 is 14.5 Å². The molecule has 2 unspecified atom stereocenters. The smallest absolute Gasteiger partial charge is 0.333 e. The van der Waals surface area contributed by atoms with Crippen LogP contribution in [0.5, 0.6) is 0 Å². The van der Waals surface area contributed by atoms with Crippen LogP contribution < -0.4 is 11.1 Å². The van der Waals surface area contributed by atoms with Crippen LogP contribution in [-0.4, -0.2) is 39.4 Å². The van der Waals surface area contributed by atoms with Gasteiger partial charge in [-0.15, -0.1) is 0 Å². The summed E-state index contributed by atoms with van der Waals surface area (Å²) in [5.41, 5.74) is 5.48. The Bertz CT molecular complexity index is 541. The summed E-state index contributed by atoms with van der Waals surface area (Å²) in [6, 6.07) is 0. The molecule has 1 aromatic heterocycles. The lowest BCUT2D eigenvalue weighted by atomic mass is 10.2. The van der Waals surface area contributed by atoms with Crippen molar-refractivity contribution in [2.75, 3.05) is 11.9 Å². The van der Waals surface area contributed by atoms with Crippen LogP contribution in [0.25, 0.3) is 0 Å². The van der Waals surface area contributed by atoms with E-state index in [0.717, 1.165) is 0 Å². The van der Waals surface area contributed by atoms with Crippen molar-refractivity contribution in [2.24, 2.45) is 12.8 Å². The third-order valence-corrected chi connectivity index (χ3v) is 3.30. The van der Waals surface area contributed by atoms with Gasteiger partial charge in [-0.2, -0.15) is 5.10 Å². The average molecular weight is 283 g/mol. The van der Waals surface area contributed by atoms with Gasteiger partial charge in [0.15, 0.2) is 0 Å². The Balaban J connectivity index is 2.02. The molecule has 2 atom stereocenters. The van der Waals surface area contributed by atoms with Crippen molar-refractivity contribution >= 4 is 17.4 Å². The molecule has 0 aromatic carbocycles. The number of hydrogen-bond donors (Lipinski definition) is 2. The molecule has 20 heavy (non-hydrogen) atoms. The van der Waals surface area contributed by atoms with E-state index in [1.807, 2.05) is 0 Å². The Morgan fingerprint density at radius 2 is 2.35 bits per heavy atom. The summed E-state index contributed by atoms with van der Waals surface area (Å²) in [4.78, 5) is 21.5. The van der Waals surface area contributed by atoms with Crippen molar-refractivity contribution in [3.8, 4) is 0 Å². The number of aryl methyl sites for hydroxylation is 2. The summed E-state index contributed by atoms with van der Waals surface area (Å²) in [7, 11) is 1.63. The highest BCUT2D eigenvalue weighted by atomic mass is 16.6. The van der Waals surface area contributed by atoms with Crippen LogP contribution in [0.3, 0.4) is 0 Å². The van der Waals surface area contributed by atoms with Gasteiger partial charge in [0.1, 0.15) is 11.8 Å². The maximum Gasteiger partial charge on any atom is 0.333 e. The van der Waals surface area contributed by atoms with Gasteiger partial charge in [0.2, 0.25) is 11.7 Å². The fraction of sp³-hybridized carbons (Fsp3) is 0.636. The van der Waals surface area contributed by atoms with Gasteiger partial charge in [-0.05, 0) is 19.8 Å². The molecule has 9 nitrogen and oxygen atoms in total. The van der Waals surface area contributed by atoms with Crippen molar-refractivity contribution in [3.05, 3.63) is 15.8 Å². The summed E-state index contributed by atoms with van der Waals surface area (Å²) in [6.45, 7) is 1.95. The number of carbonyl (C=O) groups excluding carboxylic acids is 1. The topological polar surface area (TPSA) is 125 Å².